The van der Waals surface area contributed by atoms with E-state index in [2.05, 4.69) is 5.32 Å². The molecule has 2 amide bonds. The summed E-state index contributed by atoms with van der Waals surface area (Å²) in [7, 11) is -0.367. The summed E-state index contributed by atoms with van der Waals surface area (Å²) in [5.41, 5.74) is 0. The smallest absolute Gasteiger partial charge is 0.243 e. The zero-order valence-corrected chi connectivity index (χ0v) is 19.2. The quantitative estimate of drug-likeness (QED) is 0.684. The van der Waals surface area contributed by atoms with Gasteiger partial charge in [-0.05, 0) is 49.9 Å². The van der Waals surface area contributed by atoms with Crippen LogP contribution in [-0.4, -0.2) is 69.3 Å². The molecule has 1 saturated heterocycles. The summed E-state index contributed by atoms with van der Waals surface area (Å²) in [6.45, 7) is 0.446. The van der Waals surface area contributed by atoms with Crippen LogP contribution in [0.4, 0.5) is 0 Å². The lowest BCUT2D eigenvalue weighted by Gasteiger charge is -2.32. The number of likely N-dealkylation sites (N-methyl/N-ethyl adjacent to an activating group) is 1. The molecule has 2 aliphatic rings. The minimum Gasteiger partial charge on any atom is -0.497 e. The largest absolute Gasteiger partial charge is 0.497 e. The predicted molar refractivity (Wildman–Crippen MR) is 117 cm³/mol. The van der Waals surface area contributed by atoms with Crippen molar-refractivity contribution in [2.75, 3.05) is 33.8 Å². The molecule has 1 aliphatic carbocycles. The molecule has 0 bridgehead atoms. The Morgan fingerprint density at radius 3 is 2.42 bits per heavy atom. The Morgan fingerprint density at radius 2 is 1.77 bits per heavy atom. The maximum atomic E-state index is 13.0. The summed E-state index contributed by atoms with van der Waals surface area (Å²) in [5, 5.41) is 2.73. The lowest BCUT2D eigenvalue weighted by Crippen LogP contribution is -2.48. The molecular formula is C22H33N3O5S. The first-order valence-electron chi connectivity index (χ1n) is 11.0. The standard InChI is InChI=1S/C22H33N3O5S/c1-24(18-8-4-3-5-9-18)21(26)15-23-22(27)17-7-6-14-25(16-17)31(28,29)20-12-10-19(30-2)11-13-20/h10-13,17-18H,3-9,14-16H2,1-2H3,(H,23,27)/t17-/m1/s1. The van der Waals surface area contributed by atoms with Crippen molar-refractivity contribution in [3.8, 4) is 5.75 Å². The van der Waals surface area contributed by atoms with Crippen LogP contribution in [0.3, 0.4) is 0 Å². The van der Waals surface area contributed by atoms with Gasteiger partial charge in [0.2, 0.25) is 21.8 Å². The van der Waals surface area contributed by atoms with Crippen LogP contribution in [0.2, 0.25) is 0 Å². The Kier molecular flexibility index (Phi) is 7.94. The van der Waals surface area contributed by atoms with Crippen molar-refractivity contribution >= 4 is 21.8 Å². The first-order valence-corrected chi connectivity index (χ1v) is 12.4. The first-order chi connectivity index (χ1) is 14.8. The number of carbonyl (C=O) groups excluding carboxylic acids is 2. The zero-order valence-electron chi connectivity index (χ0n) is 18.4. The topological polar surface area (TPSA) is 96.0 Å². The monoisotopic (exact) mass is 451 g/mol. The normalized spacial score (nSPS) is 20.8. The van der Waals surface area contributed by atoms with Gasteiger partial charge in [-0.15, -0.1) is 0 Å². The molecule has 1 aromatic rings. The van der Waals surface area contributed by atoms with Crippen molar-refractivity contribution in [3.05, 3.63) is 24.3 Å². The fourth-order valence-corrected chi connectivity index (χ4v) is 5.90. The Labute approximate surface area is 185 Å². The van der Waals surface area contributed by atoms with E-state index >= 15 is 0 Å². The van der Waals surface area contributed by atoms with Crippen molar-refractivity contribution in [1.82, 2.24) is 14.5 Å². The minimum absolute atomic E-state index is 0.0481. The third-order valence-electron chi connectivity index (χ3n) is 6.38. The number of nitrogens with zero attached hydrogens (tertiary/aromatic N) is 2. The molecule has 0 aromatic heterocycles. The van der Waals surface area contributed by atoms with Gasteiger partial charge in [-0.3, -0.25) is 9.59 Å². The molecule has 172 valence electrons. The number of methoxy groups -OCH3 is 1. The van der Waals surface area contributed by atoms with E-state index in [4.69, 9.17) is 4.74 Å². The summed E-state index contributed by atoms with van der Waals surface area (Å²) in [5.74, 6) is -0.244. The molecule has 1 N–H and O–H groups in total. The molecule has 8 nitrogen and oxygen atoms in total. The second-order valence-corrected chi connectivity index (χ2v) is 10.3. The molecular weight excluding hydrogens is 418 g/mol. The lowest BCUT2D eigenvalue weighted by atomic mass is 9.94. The van der Waals surface area contributed by atoms with Crippen molar-refractivity contribution in [1.29, 1.82) is 0 Å². The molecule has 1 aromatic carbocycles. The maximum Gasteiger partial charge on any atom is 0.243 e. The molecule has 3 rings (SSSR count). The number of hydrogen-bond donors (Lipinski definition) is 1. The van der Waals surface area contributed by atoms with Crippen molar-refractivity contribution in [2.45, 2.75) is 55.9 Å². The van der Waals surface area contributed by atoms with Gasteiger partial charge < -0.3 is 15.0 Å². The van der Waals surface area contributed by atoms with Crippen LogP contribution < -0.4 is 10.1 Å². The number of sulfonamides is 1. The van der Waals surface area contributed by atoms with Gasteiger partial charge in [0.05, 0.1) is 24.5 Å². The molecule has 1 saturated carbocycles. The van der Waals surface area contributed by atoms with Gasteiger partial charge in [0.25, 0.3) is 0 Å². The number of benzene rings is 1. The number of rotatable bonds is 7. The van der Waals surface area contributed by atoms with Gasteiger partial charge >= 0.3 is 0 Å². The molecule has 9 heteroatoms. The second-order valence-electron chi connectivity index (χ2n) is 8.39. The SMILES string of the molecule is COc1ccc(S(=O)(=O)N2CCC[C@@H](C(=O)NCC(=O)N(C)C3CCCCC3)C2)cc1. The Bertz CT molecular complexity index is 866. The number of hydrogen-bond acceptors (Lipinski definition) is 5. The van der Waals surface area contributed by atoms with E-state index in [0.29, 0.717) is 25.1 Å². The van der Waals surface area contributed by atoms with Gasteiger partial charge in [-0.25, -0.2) is 8.42 Å². The average molecular weight is 452 g/mol. The van der Waals surface area contributed by atoms with Crippen LogP contribution in [0, 0.1) is 5.92 Å². The number of amides is 2. The molecule has 1 aliphatic heterocycles. The summed E-state index contributed by atoms with van der Waals surface area (Å²) in [6.07, 6.45) is 6.71. The highest BCUT2D eigenvalue weighted by atomic mass is 32.2. The van der Waals surface area contributed by atoms with Gasteiger partial charge in [-0.2, -0.15) is 4.31 Å². The minimum atomic E-state index is -3.69. The third-order valence-corrected chi connectivity index (χ3v) is 8.26. The molecule has 1 atom stereocenters. The number of carbonyl (C=O) groups is 2. The highest BCUT2D eigenvalue weighted by Crippen LogP contribution is 2.25. The third kappa shape index (κ3) is 5.77. The molecule has 2 fully saturated rings. The summed E-state index contributed by atoms with van der Waals surface area (Å²) in [4.78, 5) is 27.1. The van der Waals surface area contributed by atoms with Crippen LogP contribution in [0.5, 0.6) is 5.75 Å². The fourth-order valence-electron chi connectivity index (χ4n) is 4.38. The van der Waals surface area contributed by atoms with Crippen molar-refractivity contribution in [2.24, 2.45) is 5.92 Å². The lowest BCUT2D eigenvalue weighted by molar-refractivity contribution is -0.135. The van der Waals surface area contributed by atoms with Crippen molar-refractivity contribution < 1.29 is 22.7 Å². The average Bonchev–Trinajstić information content (AvgIpc) is 2.82. The van der Waals surface area contributed by atoms with E-state index in [9.17, 15) is 18.0 Å². The molecule has 0 spiro atoms. The van der Waals surface area contributed by atoms with Crippen LogP contribution in [0.25, 0.3) is 0 Å². The van der Waals surface area contributed by atoms with Crippen LogP contribution in [-0.2, 0) is 19.6 Å². The maximum absolute atomic E-state index is 13.0. The van der Waals surface area contributed by atoms with E-state index in [-0.39, 0.29) is 35.8 Å². The van der Waals surface area contributed by atoms with Crippen LogP contribution in [0.1, 0.15) is 44.9 Å². The second kappa shape index (κ2) is 10.5. The van der Waals surface area contributed by atoms with E-state index in [1.165, 1.54) is 30.0 Å². The number of ether oxygens (including phenoxy) is 1. The van der Waals surface area contributed by atoms with Gasteiger partial charge in [0, 0.05) is 26.2 Å². The number of piperidine rings is 1. The summed E-state index contributed by atoms with van der Waals surface area (Å²) >= 11 is 0. The van der Waals surface area contributed by atoms with Crippen LogP contribution >= 0.6 is 0 Å². The summed E-state index contributed by atoms with van der Waals surface area (Å²) < 4.78 is 32.4. The molecule has 31 heavy (non-hydrogen) atoms. The number of nitrogens with one attached hydrogen (secondary N) is 1. The van der Waals surface area contributed by atoms with E-state index in [0.717, 1.165) is 25.7 Å². The fraction of sp³-hybridized carbons (Fsp3) is 0.636. The van der Waals surface area contributed by atoms with E-state index in [1.807, 2.05) is 0 Å². The van der Waals surface area contributed by atoms with Gasteiger partial charge in [0.1, 0.15) is 5.75 Å². The highest BCUT2D eigenvalue weighted by molar-refractivity contribution is 7.89. The summed E-state index contributed by atoms with van der Waals surface area (Å²) in [6, 6.07) is 6.48. The van der Waals surface area contributed by atoms with Crippen molar-refractivity contribution in [3.63, 3.8) is 0 Å². The molecule has 1 heterocycles. The first kappa shape index (κ1) is 23.5. The highest BCUT2D eigenvalue weighted by Gasteiger charge is 2.33. The Balaban J connectivity index is 1.55. The van der Waals surface area contributed by atoms with E-state index in [1.54, 1.807) is 24.1 Å². The predicted octanol–water partition coefficient (Wildman–Crippen LogP) is 2.00. The molecule has 0 radical (unpaired) electrons. The van der Waals surface area contributed by atoms with Gasteiger partial charge in [-0.1, -0.05) is 19.3 Å². The zero-order chi connectivity index (χ0) is 22.4. The Morgan fingerprint density at radius 1 is 1.10 bits per heavy atom. The molecule has 0 unspecified atom stereocenters. The van der Waals surface area contributed by atoms with Crippen LogP contribution in [0.15, 0.2) is 29.2 Å². The van der Waals surface area contributed by atoms with E-state index < -0.39 is 15.9 Å². The van der Waals surface area contributed by atoms with Gasteiger partial charge in [0.15, 0.2) is 0 Å². The Hall–Kier alpha value is -2.13.